The molecule has 0 unspecified atom stereocenters. The number of benzene rings is 3. The zero-order valence-electron chi connectivity index (χ0n) is 17.0. The minimum atomic E-state index is -4.08. The van der Waals surface area contributed by atoms with Crippen LogP contribution in [0.2, 0.25) is 5.02 Å². The summed E-state index contributed by atoms with van der Waals surface area (Å²) in [5, 5.41) is 7.53. The quantitative estimate of drug-likeness (QED) is 0.277. The lowest BCUT2D eigenvalue weighted by Gasteiger charge is -2.12. The number of aryl methyl sites for hydroxylation is 1. The summed E-state index contributed by atoms with van der Waals surface area (Å²) in [5.41, 5.74) is 8.05. The topological polar surface area (TPSA) is 102 Å². The summed E-state index contributed by atoms with van der Waals surface area (Å²) in [6.45, 7) is 2.35. The largest absolute Gasteiger partial charge is 0.493 e. The van der Waals surface area contributed by atoms with Crippen molar-refractivity contribution in [2.45, 2.75) is 24.7 Å². The molecule has 0 fully saturated rings. The first kappa shape index (κ1) is 22.7. The minimum absolute atomic E-state index is 0.0263. The van der Waals surface area contributed by atoms with Crippen LogP contribution in [-0.2, 0) is 23.0 Å². The number of amidine groups is 1. The van der Waals surface area contributed by atoms with E-state index in [2.05, 4.69) is 0 Å². The molecule has 0 radical (unpaired) electrons. The fourth-order valence-electron chi connectivity index (χ4n) is 2.92. The molecule has 0 aliphatic heterocycles. The van der Waals surface area contributed by atoms with Crippen molar-refractivity contribution in [1.29, 1.82) is 5.41 Å². The zero-order chi connectivity index (χ0) is 22.4. The van der Waals surface area contributed by atoms with Gasteiger partial charge >= 0.3 is 10.1 Å². The van der Waals surface area contributed by atoms with Crippen molar-refractivity contribution in [2.24, 2.45) is 5.73 Å². The van der Waals surface area contributed by atoms with Gasteiger partial charge in [-0.3, -0.25) is 5.41 Å². The first-order chi connectivity index (χ1) is 14.8. The van der Waals surface area contributed by atoms with E-state index in [1.807, 2.05) is 25.1 Å². The second-order valence-electron chi connectivity index (χ2n) is 6.84. The number of nitrogen functional groups attached to an aromatic ring is 1. The lowest BCUT2D eigenvalue weighted by atomic mass is 10.1. The van der Waals surface area contributed by atoms with Crippen molar-refractivity contribution in [3.63, 3.8) is 0 Å². The molecular weight excluding hydrogens is 436 g/mol. The van der Waals surface area contributed by atoms with Gasteiger partial charge in [-0.1, -0.05) is 54.9 Å². The van der Waals surface area contributed by atoms with E-state index in [4.69, 9.17) is 31.7 Å². The van der Waals surface area contributed by atoms with Crippen LogP contribution >= 0.6 is 11.6 Å². The fourth-order valence-corrected chi connectivity index (χ4v) is 4.33. The lowest BCUT2D eigenvalue weighted by molar-refractivity contribution is 0.320. The number of hydrogen-bond acceptors (Lipinski definition) is 5. The van der Waals surface area contributed by atoms with E-state index in [1.54, 1.807) is 36.4 Å². The molecule has 6 nitrogen and oxygen atoms in total. The average Bonchev–Trinajstić information content (AvgIpc) is 2.73. The van der Waals surface area contributed by atoms with E-state index in [9.17, 15) is 8.42 Å². The van der Waals surface area contributed by atoms with Gasteiger partial charge in [-0.25, -0.2) is 0 Å². The number of hydrogen-bond donors (Lipinski definition) is 2. The highest BCUT2D eigenvalue weighted by molar-refractivity contribution is 7.87. The summed E-state index contributed by atoms with van der Waals surface area (Å²) in [6, 6.07) is 18.6. The Bertz CT molecular complexity index is 1180. The van der Waals surface area contributed by atoms with Gasteiger partial charge in [0.15, 0.2) is 0 Å². The van der Waals surface area contributed by atoms with Gasteiger partial charge in [0, 0.05) is 18.1 Å². The van der Waals surface area contributed by atoms with E-state index in [-0.39, 0.29) is 21.5 Å². The van der Waals surface area contributed by atoms with Gasteiger partial charge in [0.05, 0.1) is 11.6 Å². The van der Waals surface area contributed by atoms with Gasteiger partial charge in [-0.2, -0.15) is 8.42 Å². The first-order valence-corrected chi connectivity index (χ1v) is 11.5. The Hall–Kier alpha value is -3.03. The Balaban J connectivity index is 1.71. The molecule has 3 N–H and O–H groups in total. The molecule has 0 aliphatic rings. The van der Waals surface area contributed by atoms with Gasteiger partial charge in [-0.05, 0) is 41.8 Å². The molecule has 31 heavy (non-hydrogen) atoms. The molecule has 0 spiro atoms. The summed E-state index contributed by atoms with van der Waals surface area (Å²) < 4.78 is 36.4. The van der Waals surface area contributed by atoms with E-state index in [0.717, 1.165) is 11.1 Å². The molecule has 0 saturated heterocycles. The first-order valence-electron chi connectivity index (χ1n) is 9.67. The van der Waals surface area contributed by atoms with E-state index in [1.165, 1.54) is 12.1 Å². The van der Waals surface area contributed by atoms with Crippen LogP contribution in [-0.4, -0.2) is 20.9 Å². The Kier molecular flexibility index (Phi) is 7.20. The number of nitrogens with two attached hydrogens (primary N) is 1. The smallest absolute Gasteiger partial charge is 0.340 e. The molecule has 3 aromatic rings. The van der Waals surface area contributed by atoms with Crippen molar-refractivity contribution in [3.05, 3.63) is 88.4 Å². The van der Waals surface area contributed by atoms with Crippen molar-refractivity contribution in [1.82, 2.24) is 0 Å². The minimum Gasteiger partial charge on any atom is -0.493 e. The van der Waals surface area contributed by atoms with Crippen molar-refractivity contribution >= 4 is 27.6 Å². The van der Waals surface area contributed by atoms with Crippen LogP contribution in [0.25, 0.3) is 0 Å². The highest BCUT2D eigenvalue weighted by Crippen LogP contribution is 2.28. The summed E-state index contributed by atoms with van der Waals surface area (Å²) in [5.74, 6) is 0.711. The van der Waals surface area contributed by atoms with E-state index < -0.39 is 10.1 Å². The molecule has 3 rings (SSSR count). The van der Waals surface area contributed by atoms with Gasteiger partial charge in [-0.15, -0.1) is 0 Å². The zero-order valence-corrected chi connectivity index (χ0v) is 18.5. The number of rotatable bonds is 9. The summed E-state index contributed by atoms with van der Waals surface area (Å²) in [4.78, 5) is -0.0879. The summed E-state index contributed by atoms with van der Waals surface area (Å²) in [7, 11) is -4.08. The Morgan fingerprint density at radius 1 is 1.00 bits per heavy atom. The molecule has 0 saturated carbocycles. The summed E-state index contributed by atoms with van der Waals surface area (Å²) in [6.07, 6.45) is 1.33. The van der Waals surface area contributed by atoms with Crippen molar-refractivity contribution in [2.75, 3.05) is 6.61 Å². The number of ether oxygens (including phenoxy) is 1. The highest BCUT2D eigenvalue weighted by atomic mass is 35.5. The second-order valence-corrected chi connectivity index (χ2v) is 8.77. The molecular formula is C23H23ClN2O4S. The maximum absolute atomic E-state index is 12.6. The average molecular weight is 459 g/mol. The van der Waals surface area contributed by atoms with Gasteiger partial charge in [0.2, 0.25) is 0 Å². The van der Waals surface area contributed by atoms with Gasteiger partial charge in [0.25, 0.3) is 0 Å². The molecule has 162 valence electrons. The maximum atomic E-state index is 12.6. The molecule has 0 aromatic heterocycles. The number of halogens is 1. The van der Waals surface area contributed by atoms with Gasteiger partial charge in [0.1, 0.15) is 22.2 Å². The fraction of sp³-hybridized carbons (Fsp3) is 0.174. The normalized spacial score (nSPS) is 11.2. The molecule has 0 atom stereocenters. The second kappa shape index (κ2) is 9.85. The van der Waals surface area contributed by atoms with Crippen LogP contribution in [0.5, 0.6) is 11.5 Å². The third-order valence-corrected chi connectivity index (χ3v) is 6.33. The van der Waals surface area contributed by atoms with Crippen LogP contribution in [0.4, 0.5) is 0 Å². The Morgan fingerprint density at radius 2 is 1.68 bits per heavy atom. The van der Waals surface area contributed by atoms with Crippen LogP contribution in [0.3, 0.4) is 0 Å². The molecule has 8 heteroatoms. The van der Waals surface area contributed by atoms with E-state index >= 15 is 0 Å². The SMILES string of the molecule is CCc1cc(OCCc2ccc(C(=N)N)cc2)cc(OS(=O)(=O)c2ccccc2Cl)c1. The van der Waals surface area contributed by atoms with Crippen LogP contribution < -0.4 is 14.7 Å². The van der Waals surface area contributed by atoms with Crippen LogP contribution in [0.1, 0.15) is 23.6 Å². The third-order valence-electron chi connectivity index (χ3n) is 4.58. The molecule has 3 aromatic carbocycles. The molecule has 0 bridgehead atoms. The van der Waals surface area contributed by atoms with Crippen LogP contribution in [0, 0.1) is 5.41 Å². The predicted molar refractivity (Wildman–Crippen MR) is 122 cm³/mol. The van der Waals surface area contributed by atoms with Crippen LogP contribution in [0.15, 0.2) is 71.6 Å². The summed E-state index contributed by atoms with van der Waals surface area (Å²) >= 11 is 6.02. The predicted octanol–water partition coefficient (Wildman–Crippen LogP) is 4.58. The lowest BCUT2D eigenvalue weighted by Crippen LogP contribution is -2.11. The Morgan fingerprint density at radius 3 is 2.32 bits per heavy atom. The molecule has 0 amide bonds. The monoisotopic (exact) mass is 458 g/mol. The third kappa shape index (κ3) is 5.99. The van der Waals surface area contributed by atoms with Gasteiger partial charge < -0.3 is 14.7 Å². The molecule has 0 aliphatic carbocycles. The highest BCUT2D eigenvalue weighted by Gasteiger charge is 2.20. The standard InChI is InChI=1S/C23H23ClN2O4S/c1-2-16-13-19(29-12-11-17-7-9-18(10-8-17)23(25)26)15-20(14-16)30-31(27,28)22-6-4-3-5-21(22)24/h3-10,13-15H,2,11-12H2,1H3,(H3,25,26). The number of nitrogens with one attached hydrogen (secondary N) is 1. The molecule has 0 heterocycles. The maximum Gasteiger partial charge on any atom is 0.340 e. The van der Waals surface area contributed by atoms with Crippen molar-refractivity contribution < 1.29 is 17.3 Å². The van der Waals surface area contributed by atoms with E-state index in [0.29, 0.717) is 30.8 Å². The van der Waals surface area contributed by atoms with Crippen molar-refractivity contribution in [3.8, 4) is 11.5 Å². The Labute approximate surface area is 187 Å².